The highest BCUT2D eigenvalue weighted by Gasteiger charge is 2.40. The summed E-state index contributed by atoms with van der Waals surface area (Å²) in [6.45, 7) is 1.97. The molecule has 7 heteroatoms. The lowest BCUT2D eigenvalue weighted by atomic mass is 9.74. The van der Waals surface area contributed by atoms with Crippen LogP contribution in [0.3, 0.4) is 0 Å². The van der Waals surface area contributed by atoms with Crippen molar-refractivity contribution in [2.75, 3.05) is 16.8 Å². The number of benzene rings is 1. The molecule has 0 radical (unpaired) electrons. The fourth-order valence-electron chi connectivity index (χ4n) is 2.64. The number of aliphatic carboxylic acids is 1. The van der Waals surface area contributed by atoms with Crippen molar-refractivity contribution >= 4 is 35.2 Å². The number of nitrogens with one attached hydrogen (secondary N) is 2. The maximum absolute atomic E-state index is 12.0. The lowest BCUT2D eigenvalue weighted by Crippen LogP contribution is -2.55. The van der Waals surface area contributed by atoms with Gasteiger partial charge in [0.05, 0.1) is 23.5 Å². The van der Waals surface area contributed by atoms with E-state index in [0.717, 1.165) is 17.7 Å². The third kappa shape index (κ3) is 5.56. The van der Waals surface area contributed by atoms with Crippen molar-refractivity contribution in [1.82, 2.24) is 5.32 Å². The molecule has 3 N–H and O–H groups in total. The van der Waals surface area contributed by atoms with Crippen molar-refractivity contribution in [3.05, 3.63) is 29.8 Å². The third-order valence-electron chi connectivity index (χ3n) is 4.01. The van der Waals surface area contributed by atoms with Crippen molar-refractivity contribution in [3.63, 3.8) is 0 Å². The Kier molecular flexibility index (Phi) is 6.25. The van der Waals surface area contributed by atoms with E-state index in [0.29, 0.717) is 12.8 Å². The topological polar surface area (TPSA) is 95.5 Å². The van der Waals surface area contributed by atoms with Gasteiger partial charge in [-0.1, -0.05) is 17.7 Å². The second-order valence-corrected chi connectivity index (χ2v) is 7.15. The summed E-state index contributed by atoms with van der Waals surface area (Å²) in [6, 6.07) is 7.49. The average molecular weight is 350 g/mol. The first kappa shape index (κ1) is 18.3. The Labute approximate surface area is 145 Å². The SMILES string of the molecule is Cc1ccc(NC(=O)CSCC(=O)NC2(CC(=O)O)CCC2)cc1. The van der Waals surface area contributed by atoms with Crippen LogP contribution in [0.1, 0.15) is 31.2 Å². The van der Waals surface area contributed by atoms with Gasteiger partial charge in [-0.2, -0.15) is 0 Å². The minimum absolute atomic E-state index is 0.0443. The number of thioether (sulfide) groups is 1. The monoisotopic (exact) mass is 350 g/mol. The molecule has 0 aliphatic heterocycles. The van der Waals surface area contributed by atoms with Gasteiger partial charge in [0.15, 0.2) is 0 Å². The van der Waals surface area contributed by atoms with E-state index in [1.54, 1.807) is 0 Å². The summed E-state index contributed by atoms with van der Waals surface area (Å²) in [4.78, 5) is 34.7. The van der Waals surface area contributed by atoms with E-state index >= 15 is 0 Å². The van der Waals surface area contributed by atoms with E-state index < -0.39 is 11.5 Å². The number of carbonyl (C=O) groups excluding carboxylic acids is 2. The summed E-state index contributed by atoms with van der Waals surface area (Å²) in [5, 5.41) is 14.5. The smallest absolute Gasteiger partial charge is 0.305 e. The van der Waals surface area contributed by atoms with E-state index in [4.69, 9.17) is 5.11 Å². The van der Waals surface area contributed by atoms with Crippen LogP contribution in [-0.4, -0.2) is 39.9 Å². The molecule has 0 spiro atoms. The van der Waals surface area contributed by atoms with Crippen LogP contribution in [-0.2, 0) is 14.4 Å². The van der Waals surface area contributed by atoms with E-state index in [2.05, 4.69) is 10.6 Å². The maximum atomic E-state index is 12.0. The Morgan fingerprint density at radius 3 is 2.29 bits per heavy atom. The average Bonchev–Trinajstić information content (AvgIpc) is 2.47. The number of aryl methyl sites for hydroxylation is 1. The van der Waals surface area contributed by atoms with Crippen molar-refractivity contribution in [2.24, 2.45) is 0 Å². The van der Waals surface area contributed by atoms with Gasteiger partial charge in [-0.15, -0.1) is 11.8 Å². The summed E-state index contributed by atoms with van der Waals surface area (Å²) >= 11 is 1.21. The van der Waals surface area contributed by atoms with Crippen molar-refractivity contribution in [3.8, 4) is 0 Å². The second kappa shape index (κ2) is 8.19. The van der Waals surface area contributed by atoms with Gasteiger partial charge < -0.3 is 15.7 Å². The Morgan fingerprint density at radius 1 is 1.12 bits per heavy atom. The maximum Gasteiger partial charge on any atom is 0.305 e. The predicted molar refractivity (Wildman–Crippen MR) is 94.1 cm³/mol. The van der Waals surface area contributed by atoms with Crippen LogP contribution in [0.5, 0.6) is 0 Å². The molecular weight excluding hydrogens is 328 g/mol. The first-order valence-electron chi connectivity index (χ1n) is 7.86. The Balaban J connectivity index is 1.69. The van der Waals surface area contributed by atoms with Gasteiger partial charge in [-0.25, -0.2) is 0 Å². The quantitative estimate of drug-likeness (QED) is 0.668. The molecule has 6 nitrogen and oxygen atoms in total. The molecule has 0 heterocycles. The molecule has 0 aromatic heterocycles. The first-order chi connectivity index (χ1) is 11.4. The standard InChI is InChI=1S/C17H22N2O4S/c1-12-3-5-13(6-4-12)18-14(20)10-24-11-15(21)19-17(7-2-8-17)9-16(22)23/h3-6H,2,7-11H2,1H3,(H,18,20)(H,19,21)(H,22,23). The molecule has 0 saturated heterocycles. The van der Waals surface area contributed by atoms with Crippen molar-refractivity contribution in [2.45, 2.75) is 38.1 Å². The molecule has 1 fully saturated rings. The highest BCUT2D eigenvalue weighted by atomic mass is 32.2. The molecule has 24 heavy (non-hydrogen) atoms. The number of carboxylic acid groups (broad SMARTS) is 1. The molecule has 0 unspecified atom stereocenters. The van der Waals surface area contributed by atoms with Gasteiger partial charge in [-0.3, -0.25) is 14.4 Å². The Bertz CT molecular complexity index is 612. The highest BCUT2D eigenvalue weighted by Crippen LogP contribution is 2.34. The predicted octanol–water partition coefficient (Wildman–Crippen LogP) is 2.18. The largest absolute Gasteiger partial charge is 0.481 e. The molecule has 1 aromatic rings. The molecule has 2 rings (SSSR count). The zero-order valence-electron chi connectivity index (χ0n) is 13.6. The van der Waals surface area contributed by atoms with Crippen LogP contribution in [0.15, 0.2) is 24.3 Å². The van der Waals surface area contributed by atoms with Gasteiger partial charge in [0.25, 0.3) is 0 Å². The normalized spacial score (nSPS) is 15.2. The molecule has 1 aliphatic rings. The van der Waals surface area contributed by atoms with Crippen molar-refractivity contribution < 1.29 is 19.5 Å². The van der Waals surface area contributed by atoms with Crippen LogP contribution in [0.2, 0.25) is 0 Å². The summed E-state index contributed by atoms with van der Waals surface area (Å²) < 4.78 is 0. The molecule has 0 bridgehead atoms. The molecule has 1 aliphatic carbocycles. The van der Waals surface area contributed by atoms with Crippen LogP contribution >= 0.6 is 11.8 Å². The number of amides is 2. The number of carboxylic acids is 1. The molecule has 1 saturated carbocycles. The van der Waals surface area contributed by atoms with E-state index in [9.17, 15) is 14.4 Å². The lowest BCUT2D eigenvalue weighted by Gasteiger charge is -2.41. The fourth-order valence-corrected chi connectivity index (χ4v) is 3.26. The van der Waals surface area contributed by atoms with Gasteiger partial charge in [0.1, 0.15) is 0 Å². The summed E-state index contributed by atoms with van der Waals surface area (Å²) in [6.07, 6.45) is 2.28. The number of anilines is 1. The molecule has 1 aromatic carbocycles. The van der Waals surface area contributed by atoms with Crippen LogP contribution < -0.4 is 10.6 Å². The second-order valence-electron chi connectivity index (χ2n) is 6.16. The van der Waals surface area contributed by atoms with Gasteiger partial charge >= 0.3 is 5.97 Å². The van der Waals surface area contributed by atoms with Crippen molar-refractivity contribution in [1.29, 1.82) is 0 Å². The number of hydrogen-bond donors (Lipinski definition) is 3. The zero-order chi connectivity index (χ0) is 17.6. The van der Waals surface area contributed by atoms with Gasteiger partial charge in [0.2, 0.25) is 11.8 Å². The minimum Gasteiger partial charge on any atom is -0.481 e. The van der Waals surface area contributed by atoms with E-state index in [1.165, 1.54) is 11.8 Å². The lowest BCUT2D eigenvalue weighted by molar-refractivity contribution is -0.140. The number of rotatable bonds is 8. The Morgan fingerprint density at radius 2 is 1.75 bits per heavy atom. The van der Waals surface area contributed by atoms with Gasteiger partial charge in [0, 0.05) is 5.69 Å². The molecule has 0 atom stereocenters. The summed E-state index contributed by atoms with van der Waals surface area (Å²) in [5.74, 6) is -0.972. The number of carbonyl (C=O) groups is 3. The number of hydrogen-bond acceptors (Lipinski definition) is 4. The molecule has 130 valence electrons. The third-order valence-corrected chi connectivity index (χ3v) is 4.94. The molecular formula is C17H22N2O4S. The van der Waals surface area contributed by atoms with E-state index in [-0.39, 0.29) is 29.7 Å². The van der Waals surface area contributed by atoms with Crippen LogP contribution in [0.4, 0.5) is 5.69 Å². The molecule has 2 amide bonds. The summed E-state index contributed by atoms with van der Waals surface area (Å²) in [7, 11) is 0. The highest BCUT2D eigenvalue weighted by molar-refractivity contribution is 8.00. The first-order valence-corrected chi connectivity index (χ1v) is 9.01. The zero-order valence-corrected chi connectivity index (χ0v) is 14.4. The Hall–Kier alpha value is -2.02. The van der Waals surface area contributed by atoms with Gasteiger partial charge in [-0.05, 0) is 38.3 Å². The fraction of sp³-hybridized carbons (Fsp3) is 0.471. The minimum atomic E-state index is -0.903. The van der Waals surface area contributed by atoms with E-state index in [1.807, 2.05) is 31.2 Å². The van der Waals surface area contributed by atoms with Crippen LogP contribution in [0.25, 0.3) is 0 Å². The van der Waals surface area contributed by atoms with Crippen LogP contribution in [0, 0.1) is 6.92 Å². The summed E-state index contributed by atoms with van der Waals surface area (Å²) in [5.41, 5.74) is 1.25.